The second kappa shape index (κ2) is 7.88. The molecule has 3 heterocycles. The van der Waals surface area contributed by atoms with Gasteiger partial charge >= 0.3 is 0 Å². The van der Waals surface area contributed by atoms with Crippen LogP contribution in [0.4, 0.5) is 5.82 Å². The summed E-state index contributed by atoms with van der Waals surface area (Å²) in [5.41, 5.74) is 1.81. The molecule has 7 nitrogen and oxygen atoms in total. The van der Waals surface area contributed by atoms with Crippen LogP contribution in [0, 0.1) is 13.8 Å². The number of likely N-dealkylation sites (N-methyl/N-ethyl adjacent to an activating group) is 1. The number of aromatic nitrogens is 3. The average molecular weight is 361 g/mol. The van der Waals surface area contributed by atoms with Crippen LogP contribution in [0.3, 0.4) is 0 Å². The lowest BCUT2D eigenvalue weighted by atomic mass is 10.1. The maximum Gasteiger partial charge on any atom is 0.265 e. The predicted molar refractivity (Wildman–Crippen MR) is 97.2 cm³/mol. The van der Waals surface area contributed by atoms with Crippen molar-refractivity contribution >= 4 is 23.1 Å². The molecule has 0 saturated carbocycles. The van der Waals surface area contributed by atoms with E-state index in [-0.39, 0.29) is 5.91 Å². The number of carbonyl (C=O) groups is 1. The molecule has 1 aliphatic rings. The Balaban J connectivity index is 1.53. The first-order chi connectivity index (χ1) is 12.0. The molecule has 0 radical (unpaired) electrons. The molecule has 1 atom stereocenters. The molecular weight excluding hydrogens is 338 g/mol. The molecule has 3 rings (SSSR count). The monoisotopic (exact) mass is 361 g/mol. The summed E-state index contributed by atoms with van der Waals surface area (Å²) in [4.78, 5) is 27.8. The summed E-state index contributed by atoms with van der Waals surface area (Å²) in [6.45, 7) is 6.51. The van der Waals surface area contributed by atoms with Crippen molar-refractivity contribution in [2.45, 2.75) is 26.2 Å². The molecule has 1 fully saturated rings. The van der Waals surface area contributed by atoms with E-state index in [0.717, 1.165) is 41.8 Å². The highest BCUT2D eigenvalue weighted by Gasteiger charge is 2.20. The number of hydrogen-bond acceptors (Lipinski definition) is 7. The fourth-order valence-electron chi connectivity index (χ4n) is 2.82. The van der Waals surface area contributed by atoms with E-state index in [0.29, 0.717) is 23.9 Å². The Bertz CT molecular complexity index is 742. The van der Waals surface area contributed by atoms with E-state index in [1.54, 1.807) is 18.3 Å². The largest absolute Gasteiger partial charge is 0.381 e. The van der Waals surface area contributed by atoms with Gasteiger partial charge in [0.05, 0.1) is 23.0 Å². The fourth-order valence-corrected chi connectivity index (χ4v) is 3.73. The molecule has 134 valence electrons. The van der Waals surface area contributed by atoms with Crippen molar-refractivity contribution in [2.24, 2.45) is 0 Å². The van der Waals surface area contributed by atoms with Crippen LogP contribution in [0.2, 0.25) is 0 Å². The number of hydrogen-bond donors (Lipinski definition) is 1. The van der Waals surface area contributed by atoms with Gasteiger partial charge in [-0.3, -0.25) is 4.79 Å². The van der Waals surface area contributed by atoms with E-state index < -0.39 is 0 Å². The third-order valence-electron chi connectivity index (χ3n) is 4.23. The van der Waals surface area contributed by atoms with Crippen LogP contribution in [0.5, 0.6) is 0 Å². The van der Waals surface area contributed by atoms with Crippen LogP contribution < -0.4 is 5.32 Å². The highest BCUT2D eigenvalue weighted by molar-refractivity contribution is 7.13. The smallest absolute Gasteiger partial charge is 0.265 e. The first kappa shape index (κ1) is 17.8. The van der Waals surface area contributed by atoms with E-state index in [9.17, 15) is 4.79 Å². The minimum Gasteiger partial charge on any atom is -0.381 e. The molecule has 0 bridgehead atoms. The van der Waals surface area contributed by atoms with Crippen LogP contribution >= 0.6 is 11.3 Å². The lowest BCUT2D eigenvalue weighted by molar-refractivity contribution is 0.0804. The molecule has 0 spiro atoms. The standard InChI is InChI=1S/C17H23N5O2S/c1-11-16(25-12(2)21-11)17(23)22(3)6-5-18-15-8-14(19-10-20-15)13-4-7-24-9-13/h8,10,13H,4-7,9H2,1-3H3,(H,18,19,20)/t13-/m0/s1. The second-order valence-corrected chi connectivity index (χ2v) is 7.39. The Morgan fingerprint density at radius 3 is 2.96 bits per heavy atom. The molecule has 0 aliphatic carbocycles. The maximum atomic E-state index is 12.5. The van der Waals surface area contributed by atoms with Gasteiger partial charge in [0.2, 0.25) is 0 Å². The Labute approximate surface area is 151 Å². The van der Waals surface area contributed by atoms with E-state index >= 15 is 0 Å². The lowest BCUT2D eigenvalue weighted by Gasteiger charge is -2.17. The van der Waals surface area contributed by atoms with Crippen molar-refractivity contribution in [3.63, 3.8) is 0 Å². The summed E-state index contributed by atoms with van der Waals surface area (Å²) in [5.74, 6) is 1.14. The quantitative estimate of drug-likeness (QED) is 0.850. The number of thiazole rings is 1. The minimum absolute atomic E-state index is 0.0105. The molecular formula is C17H23N5O2S. The molecule has 2 aromatic heterocycles. The summed E-state index contributed by atoms with van der Waals surface area (Å²) in [6, 6.07) is 1.97. The Hall–Kier alpha value is -2.06. The minimum atomic E-state index is 0.0105. The summed E-state index contributed by atoms with van der Waals surface area (Å²) in [7, 11) is 1.81. The van der Waals surface area contributed by atoms with Gasteiger partial charge in [-0.25, -0.2) is 15.0 Å². The summed E-state index contributed by atoms with van der Waals surface area (Å²) < 4.78 is 5.41. The molecule has 2 aromatic rings. The third-order valence-corrected chi connectivity index (χ3v) is 5.29. The number of rotatable bonds is 6. The van der Waals surface area contributed by atoms with Crippen LogP contribution in [0.25, 0.3) is 0 Å². The molecule has 1 aliphatic heterocycles. The van der Waals surface area contributed by atoms with Gasteiger partial charge in [0.15, 0.2) is 0 Å². The zero-order chi connectivity index (χ0) is 17.8. The number of nitrogens with zero attached hydrogens (tertiary/aromatic N) is 4. The number of aryl methyl sites for hydroxylation is 2. The SMILES string of the molecule is Cc1nc(C)c(C(=O)N(C)CCNc2cc([C@H]3CCOC3)ncn2)s1. The molecule has 1 N–H and O–H groups in total. The van der Waals surface area contributed by atoms with Crippen molar-refractivity contribution < 1.29 is 9.53 Å². The fraction of sp³-hybridized carbons (Fsp3) is 0.529. The summed E-state index contributed by atoms with van der Waals surface area (Å²) in [5, 5.41) is 4.18. The van der Waals surface area contributed by atoms with E-state index in [1.807, 2.05) is 19.9 Å². The highest BCUT2D eigenvalue weighted by atomic mass is 32.1. The van der Waals surface area contributed by atoms with Crippen molar-refractivity contribution in [2.75, 3.05) is 38.7 Å². The van der Waals surface area contributed by atoms with E-state index in [4.69, 9.17) is 4.74 Å². The lowest BCUT2D eigenvalue weighted by Crippen LogP contribution is -2.31. The van der Waals surface area contributed by atoms with E-state index in [2.05, 4.69) is 20.3 Å². The van der Waals surface area contributed by atoms with Crippen molar-refractivity contribution in [3.8, 4) is 0 Å². The normalized spacial score (nSPS) is 16.8. The number of anilines is 1. The van der Waals surface area contributed by atoms with Crippen LogP contribution in [-0.2, 0) is 4.74 Å². The molecule has 8 heteroatoms. The van der Waals surface area contributed by atoms with Crippen molar-refractivity contribution in [1.29, 1.82) is 0 Å². The molecule has 0 unspecified atom stereocenters. The number of carbonyl (C=O) groups excluding carboxylic acids is 1. The summed E-state index contributed by atoms with van der Waals surface area (Å²) >= 11 is 1.44. The number of amides is 1. The van der Waals surface area contributed by atoms with Gasteiger partial charge in [0, 0.05) is 38.7 Å². The Morgan fingerprint density at radius 1 is 1.44 bits per heavy atom. The van der Waals surface area contributed by atoms with Gasteiger partial charge in [-0.1, -0.05) is 0 Å². The highest BCUT2D eigenvalue weighted by Crippen LogP contribution is 2.24. The summed E-state index contributed by atoms with van der Waals surface area (Å²) in [6.07, 6.45) is 2.58. The first-order valence-electron chi connectivity index (χ1n) is 8.37. The molecule has 0 aromatic carbocycles. The van der Waals surface area contributed by atoms with Gasteiger partial charge in [0.25, 0.3) is 5.91 Å². The third kappa shape index (κ3) is 4.32. The topological polar surface area (TPSA) is 80.2 Å². The van der Waals surface area contributed by atoms with Crippen molar-refractivity contribution in [1.82, 2.24) is 19.9 Å². The van der Waals surface area contributed by atoms with Gasteiger partial charge in [-0.2, -0.15) is 0 Å². The zero-order valence-corrected chi connectivity index (χ0v) is 15.6. The Kier molecular flexibility index (Phi) is 5.60. The van der Waals surface area contributed by atoms with E-state index in [1.165, 1.54) is 11.3 Å². The number of ether oxygens (including phenoxy) is 1. The van der Waals surface area contributed by atoms with Gasteiger partial charge in [-0.15, -0.1) is 11.3 Å². The van der Waals surface area contributed by atoms with Gasteiger partial charge in [-0.05, 0) is 20.3 Å². The van der Waals surface area contributed by atoms with Crippen LogP contribution in [0.15, 0.2) is 12.4 Å². The zero-order valence-electron chi connectivity index (χ0n) is 14.8. The molecule has 25 heavy (non-hydrogen) atoms. The maximum absolute atomic E-state index is 12.5. The average Bonchev–Trinajstić information content (AvgIpc) is 3.24. The predicted octanol–water partition coefficient (Wildman–Crippen LogP) is 2.24. The van der Waals surface area contributed by atoms with Crippen LogP contribution in [-0.4, -0.2) is 59.1 Å². The first-order valence-corrected chi connectivity index (χ1v) is 9.19. The van der Waals surface area contributed by atoms with Crippen molar-refractivity contribution in [3.05, 3.63) is 33.7 Å². The van der Waals surface area contributed by atoms with Gasteiger partial charge < -0.3 is 15.0 Å². The molecule has 1 saturated heterocycles. The number of nitrogens with one attached hydrogen (secondary N) is 1. The van der Waals surface area contributed by atoms with Crippen LogP contribution in [0.1, 0.15) is 38.4 Å². The second-order valence-electron chi connectivity index (χ2n) is 6.19. The van der Waals surface area contributed by atoms with Gasteiger partial charge in [0.1, 0.15) is 17.0 Å². The molecule has 1 amide bonds. The Morgan fingerprint density at radius 2 is 2.28 bits per heavy atom.